The van der Waals surface area contributed by atoms with E-state index in [-0.39, 0.29) is 5.91 Å². The average molecular weight is 2150 g/mol. The molecule has 3 aromatic rings. The number of nitrogens with one attached hydrogen (secondary N) is 17. The van der Waals surface area contributed by atoms with E-state index in [1.165, 1.54) is 300 Å². The predicted molar refractivity (Wildman–Crippen MR) is 625 cm³/mol. The summed E-state index contributed by atoms with van der Waals surface area (Å²) in [5, 5.41) is 47.9. The van der Waals surface area contributed by atoms with Gasteiger partial charge in [-0.05, 0) is 290 Å². The number of aryl methyl sites for hydroxylation is 1. The number of fused-ring (bicyclic) bond motifs is 9. The Morgan fingerprint density at radius 2 is 0.953 bits per heavy atom. The molecule has 0 radical (unpaired) electrons. The number of carbonyl (C=O) groups is 1. The Morgan fingerprint density at radius 1 is 0.412 bits per heavy atom. The number of para-hydroxylation sites is 4. The van der Waals surface area contributed by atoms with Gasteiger partial charge >= 0.3 is 0 Å². The van der Waals surface area contributed by atoms with Gasteiger partial charge in [-0.1, -0.05) is 118 Å². The third-order valence-corrected chi connectivity index (χ3v) is 31.7. The van der Waals surface area contributed by atoms with Gasteiger partial charge in [0.05, 0.1) is 56.4 Å². The van der Waals surface area contributed by atoms with Gasteiger partial charge in [0.1, 0.15) is 19.8 Å². The van der Waals surface area contributed by atoms with Crippen molar-refractivity contribution in [3.63, 3.8) is 0 Å². The standard InChI is InChI=1S/C9H17N.C9H11N.C8H9N.C8H8O2.C6H12N2.C6H13NOS.C6H10O.C5H9NO.2C5H11N.C5H9N.C4H9NO2S.C4H9NOS.C4H9NO.C4H5NS.C4H9N.C4H7N.C4H8O.C3H6N2.C3H8N2.C3H5NO.C3H6/c1-3-7-10-8-4-2-6-9(10)5-1;1-2-6-9-8(4-1)5-3-7-10-9;1-2-4-8-7(3-1)5-6-9-8;1-2-4-8-7(3-1)9-5-6-10-8;1-3-8-4-2-6(1)7-5-8;1-9(8)6-4-2-3-5-7-9;1-2-6-4-3-5(1)7-6;7-5-3-1-2-4-6-5;3*1-2-4-6-5-3-1;6-8(7)3-1-5-2-4-8;6-7-3-1-5-2-4-7;2*1-3-6-4-2-5-1;3*1-2-4-5-3-1;1-2-5-3-4-1;1-2-4-5-3-1;1-2-5-3-4-1;1-2-3-1/h9H,1-8H2;1-2,4,6,10H,3,5,7H2;1-4,9H,5-6H2;1-4H,5-6H2;6-7H,1-5H2;1-6H2,(H,7,8);5-6H,1-4H2;1-4H2,(H,6,7);2*6H,1-5H2;2,4,6H,1,3,5H2;5H,1-4H2;5H,1-4H2;5H,1-4H2;1-5H;5H,1-4H2;1-2,5H,3-4H2;1-4H2;3H,1-2H2,(H,4,5);4-5H,1-3H2;3H,1-2H2;1-3H2. The second-order valence-electron chi connectivity index (χ2n) is 39.4. The average Bonchev–Trinajstić information content (AvgIpc) is 1.30. The van der Waals surface area contributed by atoms with Gasteiger partial charge in [-0.2, -0.15) is 0 Å². The Hall–Kier alpha value is -6.34. The van der Waals surface area contributed by atoms with Crippen LogP contribution in [0.15, 0.2) is 130 Å². The zero-order chi connectivity index (χ0) is 104. The van der Waals surface area contributed by atoms with Gasteiger partial charge in [0.15, 0.2) is 27.7 Å². The first-order valence-electron chi connectivity index (χ1n) is 57.3. The van der Waals surface area contributed by atoms with Crippen molar-refractivity contribution in [2.45, 2.75) is 262 Å². The summed E-state index contributed by atoms with van der Waals surface area (Å²) in [5.74, 6) is 8.61. The fourth-order valence-corrected chi connectivity index (χ4v) is 21.5. The molecule has 3 aromatic carbocycles. The molecule has 1 amide bonds. The molecule has 29 rings (SSSR count). The number of amides is 1. The Balaban J connectivity index is 0.000000211. The maximum absolute atomic E-state index is 11.2. The third-order valence-electron chi connectivity index (χ3n) is 26.5. The number of hydrogen-bond donors (Lipinski definition) is 17. The summed E-state index contributed by atoms with van der Waals surface area (Å²) < 4.78 is 76.6. The van der Waals surface area contributed by atoms with E-state index < -0.39 is 30.3 Å². The number of hydrazine groups is 1. The molecule has 1 aliphatic carbocycles. The van der Waals surface area contributed by atoms with E-state index in [4.69, 9.17) is 23.7 Å². The molecule has 0 aromatic heterocycles. The summed E-state index contributed by atoms with van der Waals surface area (Å²) >= 11 is 1.67. The highest BCUT2D eigenvalue weighted by atomic mass is 32.2. The number of ether oxygens (including phenoxy) is 6. The normalized spacial score (nSPS) is 25.0. The summed E-state index contributed by atoms with van der Waals surface area (Å²) in [6.07, 6.45) is 65.9. The van der Waals surface area contributed by atoms with E-state index in [2.05, 4.69) is 187 Å². The van der Waals surface area contributed by atoms with Crippen molar-refractivity contribution in [3.8, 4) is 11.5 Å². The first-order valence-corrected chi connectivity index (χ1v) is 63.5. The topological polar surface area (TPSA) is 376 Å². The lowest BCUT2D eigenvalue weighted by molar-refractivity contribution is -0.122. The number of morpholine rings is 1. The molecule has 4 bridgehead atoms. The maximum Gasteiger partial charge on any atom is 0.219 e. The number of carbonyl (C=O) groups excluding carboxylic acids is 1. The summed E-state index contributed by atoms with van der Waals surface area (Å²) in [6, 6.07) is 26.5. The third kappa shape index (κ3) is 73.1. The van der Waals surface area contributed by atoms with Crippen LogP contribution in [0.5, 0.6) is 11.5 Å². The second kappa shape index (κ2) is 91.0. The van der Waals surface area contributed by atoms with Gasteiger partial charge in [-0.25, -0.2) is 13.1 Å². The Kier molecular flexibility index (Phi) is 79.0. The summed E-state index contributed by atoms with van der Waals surface area (Å²) in [5.41, 5.74) is 11.5. The minimum atomic E-state index is -2.65. The van der Waals surface area contributed by atoms with Crippen LogP contribution in [-0.2, 0) is 66.9 Å². The molecule has 18 fully saturated rings. The summed E-state index contributed by atoms with van der Waals surface area (Å²) in [4.78, 5) is 23.1. The van der Waals surface area contributed by atoms with E-state index in [9.17, 15) is 21.6 Å². The zero-order valence-corrected chi connectivity index (χ0v) is 94.1. The zero-order valence-electron chi connectivity index (χ0n) is 90.8. The minimum Gasteiger partial charge on any atom is -0.486 e. The van der Waals surface area contributed by atoms with Crippen LogP contribution in [0.25, 0.3) is 0 Å². The molecular formula is C112H201N21O11S4. The molecule has 1 saturated carbocycles. The van der Waals surface area contributed by atoms with Gasteiger partial charge in [0.25, 0.3) is 0 Å². The maximum atomic E-state index is 11.2. The monoisotopic (exact) mass is 2140 g/mol. The SMILES string of the molecule is C1=CCNC1.C1=CNCCC1.C1=CSC=CN1.C1=NCCN1.C1=NCCO1.C1CC1.C1CC2CCC1O2.C1CCN2CCCCC2C1.C1CCNC1.C1CCNCC1.C1CCNCC1.C1CCOC1.C1CN2CCC1NC2.C1CNNC1.C1COCCN1.C=S1(=O)CCCCCN1.O=C1CCCCN1.O=S1(=O)CCNCC1.O=S1CCNCC1.c1ccc2c(c1)CCCN2.c1ccc2c(c1)CCN2.c1ccc2c(c1)OCCO2. The molecule has 0 spiro atoms. The first-order chi connectivity index (χ1) is 73.0. The molecule has 25 aliphatic heterocycles. The number of anilines is 2. The van der Waals surface area contributed by atoms with Gasteiger partial charge in [0, 0.05) is 218 Å². The van der Waals surface area contributed by atoms with Gasteiger partial charge < -0.3 is 108 Å². The van der Waals surface area contributed by atoms with Crippen molar-refractivity contribution in [1.29, 1.82) is 0 Å². The molecule has 844 valence electrons. The first kappa shape index (κ1) is 129. The molecule has 17 saturated heterocycles. The van der Waals surface area contributed by atoms with Crippen molar-refractivity contribution >= 4 is 78.0 Å². The highest BCUT2D eigenvalue weighted by Crippen LogP contribution is 2.34. The molecule has 26 aliphatic rings. The van der Waals surface area contributed by atoms with Gasteiger partial charge in [0.2, 0.25) is 5.91 Å². The number of aliphatic imine (C=N–C) groups is 2. The lowest BCUT2D eigenvalue weighted by Crippen LogP contribution is -2.54. The van der Waals surface area contributed by atoms with E-state index in [1.54, 1.807) is 18.1 Å². The van der Waals surface area contributed by atoms with Crippen molar-refractivity contribution in [2.24, 2.45) is 9.98 Å². The van der Waals surface area contributed by atoms with Crippen LogP contribution < -0.4 is 99.5 Å². The smallest absolute Gasteiger partial charge is 0.219 e. The molecule has 32 nitrogen and oxygen atoms in total. The molecule has 25 heterocycles. The molecule has 1 unspecified atom stereocenters. The molecule has 1 atom stereocenters. The number of nitrogens with zero attached hydrogens (tertiary/aromatic N) is 4. The van der Waals surface area contributed by atoms with Crippen LogP contribution >= 0.6 is 11.8 Å². The number of piperidine rings is 6. The van der Waals surface area contributed by atoms with Crippen molar-refractivity contribution < 1.29 is 50.1 Å². The van der Waals surface area contributed by atoms with Crippen LogP contribution in [0.2, 0.25) is 0 Å². The molecular weight excluding hydrogens is 1940 g/mol. The second-order valence-corrected chi connectivity index (χ2v) is 46.5. The molecule has 17 N–H and O–H groups in total. The predicted octanol–water partition coefficient (Wildman–Crippen LogP) is 12.4. The summed E-state index contributed by atoms with van der Waals surface area (Å²) in [7, 11) is -5.02. The van der Waals surface area contributed by atoms with Crippen molar-refractivity contribution in [3.05, 3.63) is 132 Å². The van der Waals surface area contributed by atoms with E-state index >= 15 is 0 Å². The van der Waals surface area contributed by atoms with E-state index in [1.807, 2.05) is 53.7 Å². The lowest BCUT2D eigenvalue weighted by Gasteiger charge is -2.39. The Morgan fingerprint density at radius 3 is 1.28 bits per heavy atom. The van der Waals surface area contributed by atoms with Crippen molar-refractivity contribution in [1.82, 2.24) is 89.2 Å². The number of rotatable bonds is 0. The largest absolute Gasteiger partial charge is 0.486 e. The van der Waals surface area contributed by atoms with Crippen LogP contribution in [0.3, 0.4) is 0 Å². The minimum absolute atomic E-state index is 0.214. The van der Waals surface area contributed by atoms with Crippen LogP contribution in [-0.4, -0.2) is 340 Å². The van der Waals surface area contributed by atoms with Crippen LogP contribution in [0.4, 0.5) is 11.4 Å². The Labute approximate surface area is 901 Å². The van der Waals surface area contributed by atoms with Crippen LogP contribution in [0, 0.1) is 0 Å². The number of sulfone groups is 1. The highest BCUT2D eigenvalue weighted by Gasteiger charge is 2.32. The quantitative estimate of drug-likeness (QED) is 0.0734. The van der Waals surface area contributed by atoms with Crippen LogP contribution in [0.1, 0.15) is 236 Å². The molecule has 36 heteroatoms. The van der Waals surface area contributed by atoms with E-state index in [0.717, 1.165) is 217 Å². The fraction of sp³-hybridized carbons (Fsp3) is 0.732. The van der Waals surface area contributed by atoms with Gasteiger partial charge in [-0.15, -0.1) is 11.8 Å². The highest BCUT2D eigenvalue weighted by molar-refractivity contribution is 8.04. The Bertz CT molecular complexity index is 3660. The number of benzene rings is 3. The number of thioether (sulfide) groups is 1. The summed E-state index contributed by atoms with van der Waals surface area (Å²) in [6.45, 7) is 37.6. The lowest BCUT2D eigenvalue weighted by atomic mass is 9.93. The number of allylic oxidation sites excluding steroid dienone is 1. The number of hydrogen-bond acceptors (Lipinski definition) is 31. The molecule has 148 heavy (non-hydrogen) atoms. The van der Waals surface area contributed by atoms with Gasteiger partial charge in [-0.3, -0.25) is 38.9 Å². The van der Waals surface area contributed by atoms with E-state index in [0.29, 0.717) is 50.0 Å². The van der Waals surface area contributed by atoms with Crippen molar-refractivity contribution in [2.75, 3.05) is 276 Å². The fourth-order valence-electron chi connectivity index (χ4n) is 17.7.